The van der Waals surface area contributed by atoms with Crippen LogP contribution in [-0.2, 0) is 16.3 Å². The van der Waals surface area contributed by atoms with Gasteiger partial charge in [0.1, 0.15) is 14.9 Å². The molecule has 0 bridgehead atoms. The summed E-state index contributed by atoms with van der Waals surface area (Å²) in [5, 5.41) is 3.79. The van der Waals surface area contributed by atoms with E-state index in [9.17, 15) is 30.9 Å². The number of thiazole rings is 2. The van der Waals surface area contributed by atoms with Crippen molar-refractivity contribution < 1.29 is 30.9 Å². The van der Waals surface area contributed by atoms with Gasteiger partial charge in [-0.3, -0.25) is 9.35 Å². The number of anilines is 1. The molecule has 13 heteroatoms. The summed E-state index contributed by atoms with van der Waals surface area (Å²) in [7, 11) is -4.43. The highest BCUT2D eigenvalue weighted by molar-refractivity contribution is 7.86. The van der Waals surface area contributed by atoms with Gasteiger partial charge in [-0.15, -0.1) is 22.7 Å². The average molecular weight is 626 g/mol. The monoisotopic (exact) mass is 625 g/mol. The highest BCUT2D eigenvalue weighted by Gasteiger charge is 2.34. The predicted octanol–water partition coefficient (Wildman–Crippen LogP) is 8.07. The standard InChI is InChI=1S/C29H18F3N3O4S3/c1-15-6-12-22-24(25(15)42(37,38)39)41-28(35-22)17-9-13-21-23(14-17)40-27(34-21)16-7-10-18(11-8-16)33-26(36)19-4-2-3-5-20(19)29(30,31)32/h2-14H,1H3,(H,33,36)(H,37,38,39). The molecule has 42 heavy (non-hydrogen) atoms. The third-order valence-electron chi connectivity index (χ3n) is 6.47. The number of carbonyl (C=O) groups excluding carboxylic acids is 1. The van der Waals surface area contributed by atoms with Crippen LogP contribution in [0.15, 0.2) is 83.8 Å². The van der Waals surface area contributed by atoms with Gasteiger partial charge in [-0.2, -0.15) is 21.6 Å². The number of aromatic nitrogens is 2. The molecule has 0 aliphatic heterocycles. The third kappa shape index (κ3) is 5.27. The second-order valence-corrected chi connectivity index (χ2v) is 12.7. The fraction of sp³-hybridized carbons (Fsp3) is 0.0690. The maximum atomic E-state index is 13.3. The Bertz CT molecular complexity index is 2120. The summed E-state index contributed by atoms with van der Waals surface area (Å²) in [5.41, 5.74) is 2.00. The van der Waals surface area contributed by atoms with Crippen LogP contribution in [0, 0.1) is 6.92 Å². The zero-order valence-electron chi connectivity index (χ0n) is 21.4. The van der Waals surface area contributed by atoms with Crippen molar-refractivity contribution >= 4 is 64.8 Å². The van der Waals surface area contributed by atoms with E-state index in [1.807, 2.05) is 18.2 Å². The number of nitrogens with one attached hydrogen (secondary N) is 1. The molecule has 212 valence electrons. The van der Waals surface area contributed by atoms with E-state index in [2.05, 4.69) is 15.3 Å². The van der Waals surface area contributed by atoms with E-state index in [-0.39, 0.29) is 4.90 Å². The number of hydrogen-bond donors (Lipinski definition) is 2. The topological polar surface area (TPSA) is 109 Å². The Morgan fingerprint density at radius 1 is 0.857 bits per heavy atom. The molecule has 0 atom stereocenters. The summed E-state index contributed by atoms with van der Waals surface area (Å²) in [6.45, 7) is 1.61. The van der Waals surface area contributed by atoms with Gasteiger partial charge >= 0.3 is 6.18 Å². The van der Waals surface area contributed by atoms with Crippen LogP contribution in [0.25, 0.3) is 41.6 Å². The number of aryl methyl sites for hydroxylation is 1. The molecule has 0 fully saturated rings. The van der Waals surface area contributed by atoms with Crippen molar-refractivity contribution in [3.05, 3.63) is 95.6 Å². The van der Waals surface area contributed by atoms with E-state index in [1.165, 1.54) is 34.8 Å². The van der Waals surface area contributed by atoms with Crippen LogP contribution in [-0.4, -0.2) is 28.8 Å². The second-order valence-electron chi connectivity index (χ2n) is 9.33. The zero-order chi connectivity index (χ0) is 29.8. The number of alkyl halides is 3. The lowest BCUT2D eigenvalue weighted by atomic mass is 10.1. The van der Waals surface area contributed by atoms with Crippen LogP contribution < -0.4 is 5.32 Å². The minimum Gasteiger partial charge on any atom is -0.322 e. The van der Waals surface area contributed by atoms with Crippen LogP contribution in [0.5, 0.6) is 0 Å². The first-order valence-electron chi connectivity index (χ1n) is 12.2. The van der Waals surface area contributed by atoms with E-state index in [4.69, 9.17) is 0 Å². The molecule has 0 saturated heterocycles. The van der Waals surface area contributed by atoms with E-state index in [0.717, 1.165) is 33.5 Å². The lowest BCUT2D eigenvalue weighted by Gasteiger charge is -2.12. The van der Waals surface area contributed by atoms with Crippen molar-refractivity contribution in [2.24, 2.45) is 0 Å². The van der Waals surface area contributed by atoms with Gasteiger partial charge in [0.05, 0.1) is 31.6 Å². The number of rotatable bonds is 5. The second kappa shape index (κ2) is 10.3. The maximum absolute atomic E-state index is 13.3. The molecule has 0 aliphatic rings. The zero-order valence-corrected chi connectivity index (χ0v) is 23.9. The Kier molecular flexibility index (Phi) is 6.84. The van der Waals surface area contributed by atoms with Crippen molar-refractivity contribution in [1.29, 1.82) is 0 Å². The van der Waals surface area contributed by atoms with Crippen molar-refractivity contribution in [3.63, 3.8) is 0 Å². The normalized spacial score (nSPS) is 12.2. The number of carbonyl (C=O) groups is 1. The van der Waals surface area contributed by atoms with E-state index >= 15 is 0 Å². The Hall–Kier alpha value is -4.17. The number of hydrogen-bond acceptors (Lipinski definition) is 7. The number of fused-ring (bicyclic) bond motifs is 2. The molecular formula is C29H18F3N3O4S3. The molecule has 2 aromatic heterocycles. The van der Waals surface area contributed by atoms with Gasteiger partial charge in [-0.25, -0.2) is 9.97 Å². The molecule has 2 heterocycles. The molecule has 7 nitrogen and oxygen atoms in total. The molecule has 4 aromatic carbocycles. The van der Waals surface area contributed by atoms with Crippen LogP contribution >= 0.6 is 22.7 Å². The summed E-state index contributed by atoms with van der Waals surface area (Å²) in [4.78, 5) is 21.7. The number of amides is 1. The van der Waals surface area contributed by atoms with E-state index in [0.29, 0.717) is 31.5 Å². The van der Waals surface area contributed by atoms with Gasteiger partial charge in [0.2, 0.25) is 0 Å². The summed E-state index contributed by atoms with van der Waals surface area (Å²) in [6.07, 6.45) is -4.65. The Labute approximate surface area is 245 Å². The average Bonchev–Trinajstić information content (AvgIpc) is 3.56. The molecule has 0 radical (unpaired) electrons. The van der Waals surface area contributed by atoms with E-state index in [1.54, 1.807) is 43.3 Å². The van der Waals surface area contributed by atoms with Crippen molar-refractivity contribution in [2.75, 3.05) is 5.32 Å². The predicted molar refractivity (Wildman–Crippen MR) is 158 cm³/mol. The van der Waals surface area contributed by atoms with Gasteiger partial charge in [0.25, 0.3) is 16.0 Å². The molecular weight excluding hydrogens is 608 g/mol. The minimum absolute atomic E-state index is 0.144. The van der Waals surface area contributed by atoms with Crippen molar-refractivity contribution in [3.8, 4) is 21.1 Å². The lowest BCUT2D eigenvalue weighted by Crippen LogP contribution is -2.18. The Morgan fingerprint density at radius 2 is 1.50 bits per heavy atom. The number of benzene rings is 4. The number of halogens is 3. The fourth-order valence-electron chi connectivity index (χ4n) is 4.51. The highest BCUT2D eigenvalue weighted by Crippen LogP contribution is 2.39. The highest BCUT2D eigenvalue weighted by atomic mass is 32.2. The first-order chi connectivity index (χ1) is 19.9. The molecule has 6 aromatic rings. The summed E-state index contributed by atoms with van der Waals surface area (Å²) in [6, 6.07) is 20.1. The fourth-order valence-corrected chi connectivity index (χ4v) is 7.83. The van der Waals surface area contributed by atoms with Crippen LogP contribution in [0.4, 0.5) is 18.9 Å². The lowest BCUT2D eigenvalue weighted by molar-refractivity contribution is -0.137. The molecule has 1 amide bonds. The molecule has 6 rings (SSSR count). The van der Waals surface area contributed by atoms with Crippen molar-refractivity contribution in [2.45, 2.75) is 18.0 Å². The first-order valence-corrected chi connectivity index (χ1v) is 15.3. The molecule has 0 aliphatic carbocycles. The summed E-state index contributed by atoms with van der Waals surface area (Å²) in [5.74, 6) is -0.864. The smallest absolute Gasteiger partial charge is 0.322 e. The van der Waals surface area contributed by atoms with Gasteiger partial charge in [-0.05, 0) is 73.2 Å². The number of nitrogens with zero attached hydrogens (tertiary/aromatic N) is 2. The van der Waals surface area contributed by atoms with Gasteiger partial charge in [-0.1, -0.05) is 18.2 Å². The van der Waals surface area contributed by atoms with E-state index < -0.39 is 33.3 Å². The Morgan fingerprint density at radius 3 is 2.21 bits per heavy atom. The summed E-state index contributed by atoms with van der Waals surface area (Å²) >= 11 is 2.59. The van der Waals surface area contributed by atoms with Crippen LogP contribution in [0.1, 0.15) is 21.5 Å². The quantitative estimate of drug-likeness (QED) is 0.188. The van der Waals surface area contributed by atoms with Crippen LogP contribution in [0.2, 0.25) is 0 Å². The molecule has 0 unspecified atom stereocenters. The van der Waals surface area contributed by atoms with Crippen LogP contribution in [0.3, 0.4) is 0 Å². The van der Waals surface area contributed by atoms with Gasteiger partial charge in [0.15, 0.2) is 0 Å². The van der Waals surface area contributed by atoms with Gasteiger partial charge < -0.3 is 5.32 Å². The summed E-state index contributed by atoms with van der Waals surface area (Å²) < 4.78 is 74.8. The SMILES string of the molecule is Cc1ccc2nc(-c3ccc4nc(-c5ccc(NC(=O)c6ccccc6C(F)(F)F)cc5)sc4c3)sc2c1S(=O)(=O)O. The molecule has 0 saturated carbocycles. The maximum Gasteiger partial charge on any atom is 0.417 e. The first kappa shape index (κ1) is 28.0. The molecule has 0 spiro atoms. The largest absolute Gasteiger partial charge is 0.417 e. The van der Waals surface area contributed by atoms with Crippen molar-refractivity contribution in [1.82, 2.24) is 9.97 Å². The van der Waals surface area contributed by atoms with Gasteiger partial charge in [0, 0.05) is 16.8 Å². The minimum atomic E-state index is -4.65. The third-order valence-corrected chi connectivity index (χ3v) is 9.85. The molecule has 2 N–H and O–H groups in total. The Balaban J connectivity index is 1.26.